The average Bonchev–Trinajstić information content (AvgIpc) is 3.24. The molecule has 4 rings (SSSR count). The van der Waals surface area contributed by atoms with E-state index in [0.29, 0.717) is 28.3 Å². The number of aromatic hydroxyl groups is 1. The fourth-order valence-electron chi connectivity index (χ4n) is 3.73. The zero-order valence-electron chi connectivity index (χ0n) is 16.1. The first-order chi connectivity index (χ1) is 14.5. The molecule has 7 nitrogen and oxygen atoms in total. The number of nitroso groups, excluding NO2 is 1. The molecule has 1 aliphatic rings. The molecule has 0 saturated carbocycles. The highest BCUT2D eigenvalue weighted by molar-refractivity contribution is 9.10. The van der Waals surface area contributed by atoms with E-state index >= 15 is 0 Å². The van der Waals surface area contributed by atoms with Crippen LogP contribution in [0.4, 0.5) is 15.8 Å². The van der Waals surface area contributed by atoms with Gasteiger partial charge in [0.1, 0.15) is 17.3 Å². The molecule has 3 aromatic rings. The highest BCUT2D eigenvalue weighted by atomic mass is 79.9. The molecule has 30 heavy (non-hydrogen) atoms. The van der Waals surface area contributed by atoms with Crippen molar-refractivity contribution < 1.29 is 9.50 Å². The Morgan fingerprint density at radius 1 is 1.27 bits per heavy atom. The molecule has 0 aliphatic carbocycles. The number of hydrogen-bond acceptors (Lipinski definition) is 6. The Morgan fingerprint density at radius 2 is 2.00 bits per heavy atom. The van der Waals surface area contributed by atoms with Gasteiger partial charge in [-0.05, 0) is 57.7 Å². The van der Waals surface area contributed by atoms with Gasteiger partial charge < -0.3 is 15.3 Å². The van der Waals surface area contributed by atoms with Crippen LogP contribution in [0.1, 0.15) is 18.4 Å². The van der Waals surface area contributed by atoms with Crippen molar-refractivity contribution in [2.75, 3.05) is 18.0 Å². The minimum Gasteiger partial charge on any atom is -0.507 e. The van der Waals surface area contributed by atoms with Crippen molar-refractivity contribution in [3.05, 3.63) is 63.4 Å². The maximum atomic E-state index is 13.0. The summed E-state index contributed by atoms with van der Waals surface area (Å²) in [6.45, 7) is 2.38. The van der Waals surface area contributed by atoms with Gasteiger partial charge in [-0.15, -0.1) is 4.91 Å². The summed E-state index contributed by atoms with van der Waals surface area (Å²) in [5.74, 6) is -0.257. The van der Waals surface area contributed by atoms with Crippen LogP contribution in [-0.4, -0.2) is 34.4 Å². The van der Waals surface area contributed by atoms with Crippen LogP contribution in [0.25, 0.3) is 11.3 Å². The molecule has 9 heteroatoms. The number of phenols is 1. The zero-order valence-corrected chi connectivity index (χ0v) is 17.7. The second-order valence-corrected chi connectivity index (χ2v) is 8.17. The van der Waals surface area contributed by atoms with Gasteiger partial charge in [-0.2, -0.15) is 5.10 Å². The van der Waals surface area contributed by atoms with Crippen molar-refractivity contribution in [2.24, 2.45) is 5.18 Å². The molecule has 2 heterocycles. The summed E-state index contributed by atoms with van der Waals surface area (Å²) in [5.41, 5.74) is 3.36. The second-order valence-electron chi connectivity index (χ2n) is 7.31. The van der Waals surface area contributed by atoms with Crippen LogP contribution in [0.5, 0.6) is 5.75 Å². The molecule has 0 atom stereocenters. The normalized spacial score (nSPS) is 14.8. The summed E-state index contributed by atoms with van der Waals surface area (Å²) in [6, 6.07) is 9.93. The Kier molecular flexibility index (Phi) is 6.10. The molecular weight excluding hydrogens is 453 g/mol. The number of nitrogens with one attached hydrogen (secondary N) is 2. The number of anilines is 1. The molecule has 0 unspecified atom stereocenters. The third kappa shape index (κ3) is 4.36. The smallest absolute Gasteiger partial charge is 0.127 e. The van der Waals surface area contributed by atoms with E-state index in [1.165, 1.54) is 18.2 Å². The van der Waals surface area contributed by atoms with Crippen molar-refractivity contribution in [3.63, 3.8) is 0 Å². The van der Waals surface area contributed by atoms with Crippen LogP contribution >= 0.6 is 15.9 Å². The molecule has 156 valence electrons. The Bertz CT molecular complexity index is 1030. The van der Waals surface area contributed by atoms with Crippen LogP contribution in [0, 0.1) is 10.7 Å². The Morgan fingerprint density at radius 3 is 2.70 bits per heavy atom. The highest BCUT2D eigenvalue weighted by Crippen LogP contribution is 2.41. The molecule has 0 spiro atoms. The van der Waals surface area contributed by atoms with E-state index in [-0.39, 0.29) is 17.3 Å². The Hall–Kier alpha value is -2.78. The molecule has 3 N–H and O–H groups in total. The lowest BCUT2D eigenvalue weighted by Crippen LogP contribution is -2.42. The second kappa shape index (κ2) is 8.93. The van der Waals surface area contributed by atoms with Gasteiger partial charge in [0, 0.05) is 41.8 Å². The number of phenolic OH excluding ortho intramolecular Hbond substituents is 1. The van der Waals surface area contributed by atoms with E-state index in [1.807, 2.05) is 0 Å². The monoisotopic (exact) mass is 473 g/mol. The number of benzene rings is 2. The fourth-order valence-corrected chi connectivity index (χ4v) is 4.14. The van der Waals surface area contributed by atoms with E-state index in [4.69, 9.17) is 0 Å². The van der Waals surface area contributed by atoms with Crippen LogP contribution in [0.15, 0.2) is 52.2 Å². The topological polar surface area (TPSA) is 93.6 Å². The highest BCUT2D eigenvalue weighted by Gasteiger charge is 2.24. The van der Waals surface area contributed by atoms with Crippen molar-refractivity contribution >= 4 is 27.3 Å². The van der Waals surface area contributed by atoms with E-state index in [1.54, 1.807) is 24.4 Å². The minimum atomic E-state index is -0.224. The number of halogens is 2. The number of piperidine rings is 1. The third-order valence-electron chi connectivity index (χ3n) is 5.40. The first kappa shape index (κ1) is 20.5. The Labute approximate surface area is 181 Å². The SMILES string of the molecule is O=Nc1cc(O)c(-c2[nH]ncc2N2CCC(NCc3ccc(F)cc3)CC2)cc1Br. The van der Waals surface area contributed by atoms with Gasteiger partial charge in [0.2, 0.25) is 0 Å². The van der Waals surface area contributed by atoms with Crippen LogP contribution in [-0.2, 0) is 6.54 Å². The predicted molar refractivity (Wildman–Crippen MR) is 117 cm³/mol. The number of hydrogen-bond donors (Lipinski definition) is 3. The third-order valence-corrected chi connectivity index (χ3v) is 6.03. The summed E-state index contributed by atoms with van der Waals surface area (Å²) in [7, 11) is 0. The number of aromatic amines is 1. The molecule has 1 aliphatic heterocycles. The average molecular weight is 474 g/mol. The number of H-pyrrole nitrogens is 1. The van der Waals surface area contributed by atoms with Crippen molar-refractivity contribution in [3.8, 4) is 17.0 Å². The zero-order chi connectivity index (χ0) is 21.1. The molecule has 1 fully saturated rings. The standard InChI is InChI=1S/C21H21BrFN5O2/c22-17-9-16(20(29)10-18(17)27-30)21-19(12-25-26-21)28-7-5-15(6-8-28)24-11-13-1-3-14(23)4-2-13/h1-4,9-10,12,15,24,29H,5-8,11H2,(H,25,26). The van der Waals surface area contributed by atoms with Gasteiger partial charge in [-0.25, -0.2) is 4.39 Å². The summed E-state index contributed by atoms with van der Waals surface area (Å²) in [6.07, 6.45) is 3.66. The molecule has 0 bridgehead atoms. The lowest BCUT2D eigenvalue weighted by Gasteiger charge is -2.34. The number of nitrogens with zero attached hydrogens (tertiary/aromatic N) is 3. The summed E-state index contributed by atoms with van der Waals surface area (Å²) >= 11 is 3.31. The molecule has 0 amide bonds. The van der Waals surface area contributed by atoms with Gasteiger partial charge >= 0.3 is 0 Å². The number of aromatic nitrogens is 2. The van der Waals surface area contributed by atoms with E-state index in [0.717, 1.165) is 37.2 Å². The molecule has 0 radical (unpaired) electrons. The maximum Gasteiger partial charge on any atom is 0.127 e. The van der Waals surface area contributed by atoms with Crippen molar-refractivity contribution in [1.82, 2.24) is 15.5 Å². The number of rotatable bonds is 6. The summed E-state index contributed by atoms with van der Waals surface area (Å²) in [4.78, 5) is 13.1. The van der Waals surface area contributed by atoms with Crippen molar-refractivity contribution in [1.29, 1.82) is 0 Å². The first-order valence-electron chi connectivity index (χ1n) is 9.67. The van der Waals surface area contributed by atoms with Gasteiger partial charge in [-0.1, -0.05) is 12.1 Å². The molecule has 2 aromatic carbocycles. The molecular formula is C21H21BrFN5O2. The maximum absolute atomic E-state index is 13.0. The quantitative estimate of drug-likeness (QED) is 0.445. The Balaban J connectivity index is 1.41. The van der Waals surface area contributed by atoms with E-state index in [2.05, 4.69) is 41.5 Å². The van der Waals surface area contributed by atoms with Gasteiger partial charge in [-0.3, -0.25) is 5.10 Å². The summed E-state index contributed by atoms with van der Waals surface area (Å²) in [5, 5.41) is 23.9. The molecule has 1 aromatic heterocycles. The molecule has 1 saturated heterocycles. The largest absolute Gasteiger partial charge is 0.507 e. The van der Waals surface area contributed by atoms with Crippen LogP contribution < -0.4 is 10.2 Å². The van der Waals surface area contributed by atoms with Gasteiger partial charge in [0.05, 0.1) is 17.6 Å². The minimum absolute atomic E-state index is 0.0332. The van der Waals surface area contributed by atoms with Gasteiger partial charge in [0.25, 0.3) is 0 Å². The van der Waals surface area contributed by atoms with E-state index < -0.39 is 0 Å². The fraction of sp³-hybridized carbons (Fsp3) is 0.286. The predicted octanol–water partition coefficient (Wildman–Crippen LogP) is 4.84. The lowest BCUT2D eigenvalue weighted by molar-refractivity contribution is 0.414. The van der Waals surface area contributed by atoms with Crippen LogP contribution in [0.2, 0.25) is 0 Å². The van der Waals surface area contributed by atoms with Gasteiger partial charge in [0.15, 0.2) is 0 Å². The summed E-state index contributed by atoms with van der Waals surface area (Å²) < 4.78 is 13.5. The first-order valence-corrected chi connectivity index (χ1v) is 10.5. The van der Waals surface area contributed by atoms with E-state index in [9.17, 15) is 14.4 Å². The lowest BCUT2D eigenvalue weighted by atomic mass is 10.0. The van der Waals surface area contributed by atoms with Crippen LogP contribution in [0.3, 0.4) is 0 Å². The van der Waals surface area contributed by atoms with Crippen molar-refractivity contribution in [2.45, 2.75) is 25.4 Å².